The van der Waals surface area contributed by atoms with Gasteiger partial charge in [-0.3, -0.25) is 0 Å². The van der Waals surface area contributed by atoms with Crippen molar-refractivity contribution < 1.29 is 4.74 Å². The van der Waals surface area contributed by atoms with Gasteiger partial charge >= 0.3 is 0 Å². The van der Waals surface area contributed by atoms with Crippen LogP contribution in [0.2, 0.25) is 0 Å². The Balaban J connectivity index is 2.76. The molecule has 0 fully saturated rings. The normalized spacial score (nSPS) is 11.4. The van der Waals surface area contributed by atoms with Crippen molar-refractivity contribution in [3.63, 3.8) is 0 Å². The van der Waals surface area contributed by atoms with Gasteiger partial charge < -0.3 is 4.74 Å². The number of rotatable bonds is 7. The molecule has 0 spiro atoms. The topological polar surface area (TPSA) is 9.23 Å². The van der Waals surface area contributed by atoms with E-state index in [0.29, 0.717) is 11.8 Å². The molecule has 0 radical (unpaired) electrons. The summed E-state index contributed by atoms with van der Waals surface area (Å²) in [6.45, 7) is 2.11. The highest BCUT2D eigenvalue weighted by molar-refractivity contribution is 6.18. The number of alkyl halides is 2. The Morgan fingerprint density at radius 2 is 1.62 bits per heavy atom. The zero-order valence-corrected chi connectivity index (χ0v) is 11.1. The lowest BCUT2D eigenvalue weighted by Gasteiger charge is -2.32. The summed E-state index contributed by atoms with van der Waals surface area (Å²) < 4.78 is 6.06. The molecule has 0 bridgehead atoms. The highest BCUT2D eigenvalue weighted by Crippen LogP contribution is 2.28. The van der Waals surface area contributed by atoms with Crippen molar-refractivity contribution in [2.45, 2.75) is 31.8 Å². The molecule has 1 aromatic carbocycles. The third kappa shape index (κ3) is 3.88. The van der Waals surface area contributed by atoms with Gasteiger partial charge in [-0.2, -0.15) is 0 Å². The molecule has 1 aromatic rings. The van der Waals surface area contributed by atoms with Crippen LogP contribution in [0, 0.1) is 0 Å². The van der Waals surface area contributed by atoms with Crippen molar-refractivity contribution in [3.05, 3.63) is 30.3 Å². The third-order valence-corrected chi connectivity index (χ3v) is 3.20. The molecule has 1 nitrogen and oxygen atoms in total. The van der Waals surface area contributed by atoms with Gasteiger partial charge in [0.25, 0.3) is 0 Å². The Morgan fingerprint density at radius 3 is 2.06 bits per heavy atom. The Labute approximate surface area is 108 Å². The van der Waals surface area contributed by atoms with Crippen LogP contribution >= 0.6 is 23.2 Å². The van der Waals surface area contributed by atoms with Crippen LogP contribution in [0.1, 0.15) is 26.2 Å². The van der Waals surface area contributed by atoms with Gasteiger partial charge in [0.05, 0.1) is 0 Å². The van der Waals surface area contributed by atoms with Crippen molar-refractivity contribution in [1.29, 1.82) is 0 Å². The molecule has 0 saturated carbocycles. The molecule has 3 heteroatoms. The molecule has 0 saturated heterocycles. The second-order valence-corrected chi connectivity index (χ2v) is 4.59. The predicted octanol–water partition coefficient (Wildman–Crippen LogP) is 4.47. The molecule has 90 valence electrons. The van der Waals surface area contributed by atoms with Gasteiger partial charge in [-0.15, -0.1) is 23.2 Å². The molecule has 0 N–H and O–H groups in total. The first kappa shape index (κ1) is 13.7. The van der Waals surface area contributed by atoms with Crippen LogP contribution in [-0.4, -0.2) is 17.4 Å². The van der Waals surface area contributed by atoms with E-state index in [1.54, 1.807) is 0 Å². The van der Waals surface area contributed by atoms with Crippen LogP contribution in [0.4, 0.5) is 0 Å². The molecular weight excluding hydrogens is 243 g/mol. The van der Waals surface area contributed by atoms with Gasteiger partial charge in [0.1, 0.15) is 11.4 Å². The molecule has 0 aliphatic heterocycles. The monoisotopic (exact) mass is 260 g/mol. The lowest BCUT2D eigenvalue weighted by atomic mass is 9.93. The van der Waals surface area contributed by atoms with Gasteiger partial charge in [-0.25, -0.2) is 0 Å². The zero-order valence-electron chi connectivity index (χ0n) is 9.59. The minimum atomic E-state index is -0.217. The van der Waals surface area contributed by atoms with Gasteiger partial charge in [0, 0.05) is 24.6 Å². The van der Waals surface area contributed by atoms with Crippen molar-refractivity contribution in [1.82, 2.24) is 0 Å². The maximum atomic E-state index is 6.06. The number of para-hydroxylation sites is 1. The number of ether oxygens (including phenoxy) is 1. The summed E-state index contributed by atoms with van der Waals surface area (Å²) in [4.78, 5) is 0. The van der Waals surface area contributed by atoms with Gasteiger partial charge in [0.15, 0.2) is 0 Å². The Hall–Kier alpha value is -0.400. The lowest BCUT2D eigenvalue weighted by molar-refractivity contribution is 0.0579. The van der Waals surface area contributed by atoms with Crippen molar-refractivity contribution in [3.8, 4) is 5.75 Å². The maximum Gasteiger partial charge on any atom is 0.120 e. The highest BCUT2D eigenvalue weighted by Gasteiger charge is 2.29. The van der Waals surface area contributed by atoms with E-state index in [9.17, 15) is 0 Å². The SMILES string of the molecule is CCC(CCCl)(CCCl)Oc1ccccc1. The summed E-state index contributed by atoms with van der Waals surface area (Å²) >= 11 is 11.7. The second-order valence-electron chi connectivity index (χ2n) is 3.83. The van der Waals surface area contributed by atoms with Crippen molar-refractivity contribution in [2.24, 2.45) is 0 Å². The molecule has 0 amide bonds. The first-order valence-electron chi connectivity index (χ1n) is 5.62. The van der Waals surface area contributed by atoms with E-state index < -0.39 is 0 Å². The molecule has 0 heterocycles. The predicted molar refractivity (Wildman–Crippen MR) is 70.8 cm³/mol. The summed E-state index contributed by atoms with van der Waals surface area (Å²) in [6, 6.07) is 9.84. The largest absolute Gasteiger partial charge is 0.487 e. The van der Waals surface area contributed by atoms with Crippen LogP contribution < -0.4 is 4.74 Å². The number of halogens is 2. The third-order valence-electron chi connectivity index (χ3n) is 2.82. The first-order valence-corrected chi connectivity index (χ1v) is 6.69. The average molecular weight is 261 g/mol. The fourth-order valence-electron chi connectivity index (χ4n) is 1.74. The van der Waals surface area contributed by atoms with E-state index in [2.05, 4.69) is 6.92 Å². The van der Waals surface area contributed by atoms with Crippen molar-refractivity contribution >= 4 is 23.2 Å². The van der Waals surface area contributed by atoms with E-state index in [4.69, 9.17) is 27.9 Å². The van der Waals surface area contributed by atoms with Crippen LogP contribution in [0.3, 0.4) is 0 Å². The molecule has 0 aromatic heterocycles. The van der Waals surface area contributed by atoms with Crippen LogP contribution in [-0.2, 0) is 0 Å². The van der Waals surface area contributed by atoms with Gasteiger partial charge in [-0.1, -0.05) is 25.1 Å². The number of hydrogen-bond donors (Lipinski definition) is 0. The summed E-state index contributed by atoms with van der Waals surface area (Å²) in [5, 5.41) is 0. The van der Waals surface area contributed by atoms with E-state index in [-0.39, 0.29) is 5.60 Å². The molecule has 0 aliphatic rings. The van der Waals surface area contributed by atoms with E-state index in [1.165, 1.54) is 0 Å². The Morgan fingerprint density at radius 1 is 1.06 bits per heavy atom. The molecule has 0 unspecified atom stereocenters. The van der Waals surface area contributed by atoms with Gasteiger partial charge in [0.2, 0.25) is 0 Å². The summed E-state index contributed by atoms with van der Waals surface area (Å²) in [5.74, 6) is 2.08. The summed E-state index contributed by atoms with van der Waals surface area (Å²) in [6.07, 6.45) is 2.57. The average Bonchev–Trinajstić information content (AvgIpc) is 2.31. The highest BCUT2D eigenvalue weighted by atomic mass is 35.5. The fourth-order valence-corrected chi connectivity index (χ4v) is 2.42. The minimum Gasteiger partial charge on any atom is -0.487 e. The van der Waals surface area contributed by atoms with Crippen LogP contribution in [0.25, 0.3) is 0 Å². The second kappa shape index (κ2) is 7.03. The number of benzene rings is 1. The fraction of sp³-hybridized carbons (Fsp3) is 0.538. The smallest absolute Gasteiger partial charge is 0.120 e. The maximum absolute atomic E-state index is 6.06. The minimum absolute atomic E-state index is 0.217. The van der Waals surface area contributed by atoms with Crippen LogP contribution in [0.5, 0.6) is 5.75 Å². The molecule has 16 heavy (non-hydrogen) atoms. The van der Waals surface area contributed by atoms with E-state index >= 15 is 0 Å². The quantitative estimate of drug-likeness (QED) is 0.658. The standard InChI is InChI=1S/C13H18Cl2O/c1-2-13(8-10-14,9-11-15)16-12-6-4-3-5-7-12/h3-7H,2,8-11H2,1H3. The van der Waals surface area contributed by atoms with E-state index in [0.717, 1.165) is 25.0 Å². The summed E-state index contributed by atoms with van der Waals surface area (Å²) in [7, 11) is 0. The zero-order chi connectivity index (χ0) is 11.9. The number of hydrogen-bond acceptors (Lipinski definition) is 1. The van der Waals surface area contributed by atoms with Crippen molar-refractivity contribution in [2.75, 3.05) is 11.8 Å². The molecule has 0 atom stereocenters. The summed E-state index contributed by atoms with van der Waals surface area (Å²) in [5.41, 5.74) is -0.217. The Kier molecular flexibility index (Phi) is 6.00. The van der Waals surface area contributed by atoms with Gasteiger partial charge in [-0.05, 0) is 18.6 Å². The molecular formula is C13H18Cl2O. The molecule has 0 aliphatic carbocycles. The lowest BCUT2D eigenvalue weighted by Crippen LogP contribution is -2.36. The first-order chi connectivity index (χ1) is 7.76. The van der Waals surface area contributed by atoms with Crippen LogP contribution in [0.15, 0.2) is 30.3 Å². The molecule has 1 rings (SSSR count). The van der Waals surface area contributed by atoms with E-state index in [1.807, 2.05) is 30.3 Å². The Bertz CT molecular complexity index is 281.